The molecular formula is C20H38IN5O2. The van der Waals surface area contributed by atoms with Crippen molar-refractivity contribution in [3.63, 3.8) is 0 Å². The summed E-state index contributed by atoms with van der Waals surface area (Å²) in [6.45, 7) is 10.8. The Bertz CT molecular complexity index is 497. The van der Waals surface area contributed by atoms with Gasteiger partial charge in [0, 0.05) is 46.4 Å². The van der Waals surface area contributed by atoms with Crippen LogP contribution in [0.3, 0.4) is 0 Å². The highest BCUT2D eigenvalue weighted by Gasteiger charge is 2.31. The van der Waals surface area contributed by atoms with E-state index in [1.807, 2.05) is 11.9 Å². The van der Waals surface area contributed by atoms with E-state index in [0.717, 1.165) is 64.0 Å². The van der Waals surface area contributed by atoms with Crippen molar-refractivity contribution in [1.82, 2.24) is 20.0 Å². The largest absolute Gasteiger partial charge is 0.368 e. The molecule has 3 fully saturated rings. The van der Waals surface area contributed by atoms with Gasteiger partial charge in [0.1, 0.15) is 6.10 Å². The lowest BCUT2D eigenvalue weighted by Crippen LogP contribution is -2.55. The molecule has 7 nitrogen and oxygen atoms in total. The van der Waals surface area contributed by atoms with Crippen LogP contribution in [0.4, 0.5) is 0 Å². The minimum atomic E-state index is -0.201. The van der Waals surface area contributed by atoms with E-state index < -0.39 is 0 Å². The minimum Gasteiger partial charge on any atom is -0.368 e. The van der Waals surface area contributed by atoms with Gasteiger partial charge in [0.15, 0.2) is 5.96 Å². The van der Waals surface area contributed by atoms with Crippen LogP contribution in [0.2, 0.25) is 0 Å². The molecule has 0 aromatic rings. The van der Waals surface area contributed by atoms with Gasteiger partial charge < -0.3 is 24.8 Å². The van der Waals surface area contributed by atoms with Crippen molar-refractivity contribution in [2.45, 2.75) is 45.1 Å². The van der Waals surface area contributed by atoms with Gasteiger partial charge in [0.25, 0.3) is 5.91 Å². The summed E-state index contributed by atoms with van der Waals surface area (Å²) in [5.41, 5.74) is 0. The first-order chi connectivity index (χ1) is 13.2. The Morgan fingerprint density at radius 3 is 2.32 bits per heavy atom. The van der Waals surface area contributed by atoms with Crippen LogP contribution >= 0.6 is 24.0 Å². The number of guanidine groups is 1. The van der Waals surface area contributed by atoms with E-state index in [0.29, 0.717) is 0 Å². The summed E-state index contributed by atoms with van der Waals surface area (Å²) < 4.78 is 5.54. The van der Waals surface area contributed by atoms with Gasteiger partial charge in [0.2, 0.25) is 0 Å². The standard InChI is InChI=1S/C20H37N5O2.HI/c1-3-23-10-7-17(8-11-23)6-9-22-20(21-2)25-14-12-24(13-15-25)19(26)18-5-4-16-27-18;/h17-18H,3-16H2,1-2H3,(H,21,22);1H. The van der Waals surface area contributed by atoms with Crippen molar-refractivity contribution < 1.29 is 9.53 Å². The first kappa shape index (κ1) is 23.7. The predicted octanol–water partition coefficient (Wildman–Crippen LogP) is 1.63. The summed E-state index contributed by atoms with van der Waals surface area (Å²) in [5.74, 6) is 1.98. The van der Waals surface area contributed by atoms with Gasteiger partial charge in [-0.25, -0.2) is 0 Å². The van der Waals surface area contributed by atoms with E-state index >= 15 is 0 Å². The topological polar surface area (TPSA) is 60.4 Å². The summed E-state index contributed by atoms with van der Waals surface area (Å²) in [6, 6.07) is 0. The first-order valence-electron chi connectivity index (χ1n) is 10.8. The van der Waals surface area contributed by atoms with Gasteiger partial charge >= 0.3 is 0 Å². The number of halogens is 1. The van der Waals surface area contributed by atoms with Crippen LogP contribution in [0.25, 0.3) is 0 Å². The maximum absolute atomic E-state index is 12.5. The Morgan fingerprint density at radius 1 is 1.07 bits per heavy atom. The average Bonchev–Trinajstić information content (AvgIpc) is 3.26. The molecule has 0 saturated carbocycles. The zero-order valence-electron chi connectivity index (χ0n) is 17.6. The summed E-state index contributed by atoms with van der Waals surface area (Å²) >= 11 is 0. The third kappa shape index (κ3) is 6.45. The molecule has 8 heteroatoms. The Balaban J connectivity index is 0.00000280. The highest BCUT2D eigenvalue weighted by atomic mass is 127. The molecule has 0 radical (unpaired) electrons. The number of rotatable bonds is 5. The van der Waals surface area contributed by atoms with E-state index in [9.17, 15) is 4.79 Å². The predicted molar refractivity (Wildman–Crippen MR) is 123 cm³/mol. The molecule has 0 aromatic carbocycles. The normalized spacial score (nSPS) is 24.9. The summed E-state index contributed by atoms with van der Waals surface area (Å²) in [6.07, 6.45) is 5.53. The van der Waals surface area contributed by atoms with Crippen molar-refractivity contribution in [2.75, 3.05) is 66.0 Å². The molecule has 3 heterocycles. The third-order valence-electron chi connectivity index (χ3n) is 6.30. The lowest BCUT2D eigenvalue weighted by Gasteiger charge is -2.37. The van der Waals surface area contributed by atoms with Crippen molar-refractivity contribution >= 4 is 35.8 Å². The number of hydrogen-bond acceptors (Lipinski definition) is 4. The van der Waals surface area contributed by atoms with Crippen LogP contribution in [-0.2, 0) is 9.53 Å². The van der Waals surface area contributed by atoms with Crippen LogP contribution in [0, 0.1) is 5.92 Å². The summed E-state index contributed by atoms with van der Waals surface area (Å²) in [4.78, 5) is 23.7. The van der Waals surface area contributed by atoms with E-state index in [2.05, 4.69) is 27.0 Å². The molecule has 3 aliphatic rings. The molecule has 162 valence electrons. The van der Waals surface area contributed by atoms with E-state index in [-0.39, 0.29) is 36.0 Å². The maximum Gasteiger partial charge on any atom is 0.251 e. The number of aliphatic imine (C=N–C) groups is 1. The molecule has 0 spiro atoms. The number of piperidine rings is 1. The number of hydrogen-bond donors (Lipinski definition) is 1. The fourth-order valence-corrected chi connectivity index (χ4v) is 4.43. The number of nitrogens with zero attached hydrogens (tertiary/aromatic N) is 4. The lowest BCUT2D eigenvalue weighted by molar-refractivity contribution is -0.142. The third-order valence-corrected chi connectivity index (χ3v) is 6.30. The van der Waals surface area contributed by atoms with Crippen LogP contribution in [0.1, 0.15) is 39.0 Å². The number of carbonyl (C=O) groups excluding carboxylic acids is 1. The lowest BCUT2D eigenvalue weighted by atomic mass is 9.93. The van der Waals surface area contributed by atoms with Crippen molar-refractivity contribution in [1.29, 1.82) is 0 Å². The molecule has 28 heavy (non-hydrogen) atoms. The van der Waals surface area contributed by atoms with Gasteiger partial charge in [0.05, 0.1) is 0 Å². The van der Waals surface area contributed by atoms with E-state index in [1.165, 1.54) is 38.9 Å². The Morgan fingerprint density at radius 2 is 1.75 bits per heavy atom. The van der Waals surface area contributed by atoms with Gasteiger partial charge in [-0.2, -0.15) is 0 Å². The van der Waals surface area contributed by atoms with Gasteiger partial charge in [-0.1, -0.05) is 6.92 Å². The number of amides is 1. The van der Waals surface area contributed by atoms with Crippen molar-refractivity contribution in [3.05, 3.63) is 0 Å². The van der Waals surface area contributed by atoms with Crippen molar-refractivity contribution in [2.24, 2.45) is 10.9 Å². The second-order valence-corrected chi connectivity index (χ2v) is 7.95. The van der Waals surface area contributed by atoms with Gasteiger partial charge in [-0.3, -0.25) is 9.79 Å². The fourth-order valence-electron chi connectivity index (χ4n) is 4.43. The van der Waals surface area contributed by atoms with Crippen LogP contribution < -0.4 is 5.32 Å². The smallest absolute Gasteiger partial charge is 0.251 e. The molecule has 1 amide bonds. The highest BCUT2D eigenvalue weighted by Crippen LogP contribution is 2.20. The molecule has 3 aliphatic heterocycles. The van der Waals surface area contributed by atoms with Gasteiger partial charge in [-0.15, -0.1) is 24.0 Å². The first-order valence-corrected chi connectivity index (χ1v) is 10.8. The zero-order valence-corrected chi connectivity index (χ0v) is 19.9. The SMILES string of the molecule is CCN1CCC(CCNC(=NC)N2CCN(C(=O)C3CCCO3)CC2)CC1.I. The van der Waals surface area contributed by atoms with E-state index in [4.69, 9.17) is 4.74 Å². The molecule has 0 aromatic heterocycles. The maximum atomic E-state index is 12.5. The Hall–Kier alpha value is -0.610. The molecule has 0 bridgehead atoms. The van der Waals surface area contributed by atoms with Crippen LogP contribution in [0.15, 0.2) is 4.99 Å². The fraction of sp³-hybridized carbons (Fsp3) is 0.900. The molecular weight excluding hydrogens is 469 g/mol. The number of carbonyl (C=O) groups is 1. The second kappa shape index (κ2) is 12.2. The average molecular weight is 507 g/mol. The van der Waals surface area contributed by atoms with Gasteiger partial charge in [-0.05, 0) is 57.7 Å². The van der Waals surface area contributed by atoms with Crippen LogP contribution in [-0.4, -0.2) is 98.7 Å². The van der Waals surface area contributed by atoms with Crippen LogP contribution in [0.5, 0.6) is 0 Å². The highest BCUT2D eigenvalue weighted by molar-refractivity contribution is 14.0. The minimum absolute atomic E-state index is 0. The quantitative estimate of drug-likeness (QED) is 0.348. The Kier molecular flexibility index (Phi) is 10.3. The number of piperazine rings is 1. The monoisotopic (exact) mass is 507 g/mol. The number of likely N-dealkylation sites (tertiary alicyclic amines) is 1. The zero-order chi connectivity index (χ0) is 19.1. The van der Waals surface area contributed by atoms with E-state index in [1.54, 1.807) is 0 Å². The molecule has 1 atom stereocenters. The number of ether oxygens (including phenoxy) is 1. The molecule has 1 N–H and O–H groups in total. The number of nitrogens with one attached hydrogen (secondary N) is 1. The molecule has 3 rings (SSSR count). The molecule has 3 saturated heterocycles. The van der Waals surface area contributed by atoms with Crippen molar-refractivity contribution in [3.8, 4) is 0 Å². The Labute approximate surface area is 187 Å². The summed E-state index contributed by atoms with van der Waals surface area (Å²) in [7, 11) is 1.85. The second-order valence-electron chi connectivity index (χ2n) is 7.95. The molecule has 1 unspecified atom stereocenters. The summed E-state index contributed by atoms with van der Waals surface area (Å²) in [5, 5.41) is 3.54. The molecule has 0 aliphatic carbocycles.